The number of rotatable bonds is 5. The van der Waals surface area contributed by atoms with Crippen LogP contribution in [0.3, 0.4) is 0 Å². The molecule has 0 bridgehead atoms. The molecule has 1 aromatic heterocycles. The highest BCUT2D eigenvalue weighted by Gasteiger charge is 2.15. The third kappa shape index (κ3) is 3.49. The summed E-state index contributed by atoms with van der Waals surface area (Å²) in [5, 5.41) is 9.58. The number of nitrogens with zero attached hydrogens (tertiary/aromatic N) is 2. The third-order valence-electron chi connectivity index (χ3n) is 3.95. The van der Waals surface area contributed by atoms with E-state index < -0.39 is 23.8 Å². The quantitative estimate of drug-likeness (QED) is 0.757. The lowest BCUT2D eigenvalue weighted by Crippen LogP contribution is -2.42. The van der Waals surface area contributed by atoms with Gasteiger partial charge in [0.1, 0.15) is 6.54 Å². The van der Waals surface area contributed by atoms with E-state index in [2.05, 4.69) is 0 Å². The summed E-state index contributed by atoms with van der Waals surface area (Å²) in [6.45, 7) is -0.369. The lowest BCUT2D eigenvalue weighted by atomic mass is 10.1. The van der Waals surface area contributed by atoms with Gasteiger partial charge in [-0.2, -0.15) is 0 Å². The van der Waals surface area contributed by atoms with Gasteiger partial charge in [0.2, 0.25) is 0 Å². The van der Waals surface area contributed by atoms with Gasteiger partial charge in [0.15, 0.2) is 0 Å². The maximum atomic E-state index is 12.7. The summed E-state index contributed by atoms with van der Waals surface area (Å²) in [6.07, 6.45) is 0.573. The van der Waals surface area contributed by atoms with E-state index in [9.17, 15) is 14.4 Å². The number of carboxylic acid groups (broad SMARTS) is 1. The SMILES string of the molecule is O=C(O)Cn1c(=O)c2cc(Cl)ccc2n(CCc2ccccc2)c1=O. The fourth-order valence-corrected chi connectivity index (χ4v) is 2.94. The van der Waals surface area contributed by atoms with Gasteiger partial charge in [0, 0.05) is 11.6 Å². The maximum Gasteiger partial charge on any atom is 0.332 e. The molecule has 1 heterocycles. The van der Waals surface area contributed by atoms with Crippen LogP contribution in [0.5, 0.6) is 0 Å². The number of aryl methyl sites for hydroxylation is 2. The molecule has 128 valence electrons. The number of aliphatic carboxylic acids is 1. The molecule has 0 saturated carbocycles. The maximum absolute atomic E-state index is 12.7. The summed E-state index contributed by atoms with van der Waals surface area (Å²) in [5.41, 5.74) is 0.184. The smallest absolute Gasteiger partial charge is 0.332 e. The second kappa shape index (κ2) is 6.94. The lowest BCUT2D eigenvalue weighted by molar-refractivity contribution is -0.137. The number of halogens is 1. The van der Waals surface area contributed by atoms with Crippen LogP contribution in [0.15, 0.2) is 58.1 Å². The molecule has 1 N–H and O–H groups in total. The van der Waals surface area contributed by atoms with E-state index in [1.807, 2.05) is 30.3 Å². The Hall–Kier alpha value is -2.86. The molecule has 7 heteroatoms. The summed E-state index contributed by atoms with van der Waals surface area (Å²) < 4.78 is 2.15. The molecule has 0 amide bonds. The van der Waals surface area contributed by atoms with Crippen LogP contribution in [0.4, 0.5) is 0 Å². The fourth-order valence-electron chi connectivity index (χ4n) is 2.77. The average molecular weight is 359 g/mol. The molecular formula is C18H15ClN2O4. The van der Waals surface area contributed by atoms with Crippen molar-refractivity contribution in [2.75, 3.05) is 0 Å². The van der Waals surface area contributed by atoms with E-state index in [1.54, 1.807) is 12.1 Å². The van der Waals surface area contributed by atoms with E-state index in [1.165, 1.54) is 10.6 Å². The standard InChI is InChI=1S/C18H15ClN2O4/c19-13-6-7-15-14(10-13)17(24)21(11-16(22)23)18(25)20(15)9-8-12-4-2-1-3-5-12/h1-7,10H,8-9,11H2,(H,22,23). The highest BCUT2D eigenvalue weighted by molar-refractivity contribution is 6.31. The predicted molar refractivity (Wildman–Crippen MR) is 95.3 cm³/mol. The minimum absolute atomic E-state index is 0.224. The van der Waals surface area contributed by atoms with E-state index in [0.29, 0.717) is 23.5 Å². The molecule has 3 aromatic rings. The minimum atomic E-state index is -1.25. The van der Waals surface area contributed by atoms with Crippen LogP contribution in [0.25, 0.3) is 10.9 Å². The number of hydrogen-bond donors (Lipinski definition) is 1. The molecule has 0 aliphatic heterocycles. The Morgan fingerprint density at radius 1 is 1.04 bits per heavy atom. The molecule has 0 unspecified atom stereocenters. The van der Waals surface area contributed by atoms with E-state index >= 15 is 0 Å². The van der Waals surface area contributed by atoms with Crippen LogP contribution in [-0.2, 0) is 24.3 Å². The number of carboxylic acids is 1. The van der Waals surface area contributed by atoms with Crippen LogP contribution in [0.2, 0.25) is 5.02 Å². The average Bonchev–Trinajstić information content (AvgIpc) is 2.59. The van der Waals surface area contributed by atoms with Crippen molar-refractivity contribution >= 4 is 28.5 Å². The second-order valence-electron chi connectivity index (χ2n) is 5.62. The lowest BCUT2D eigenvalue weighted by Gasteiger charge is -2.13. The summed E-state index contributed by atoms with van der Waals surface area (Å²) in [4.78, 5) is 36.2. The van der Waals surface area contributed by atoms with Gasteiger partial charge in [-0.15, -0.1) is 0 Å². The molecule has 0 atom stereocenters. The van der Waals surface area contributed by atoms with E-state index in [-0.39, 0.29) is 5.39 Å². The largest absolute Gasteiger partial charge is 0.480 e. The van der Waals surface area contributed by atoms with Gasteiger partial charge in [-0.05, 0) is 30.2 Å². The Kier molecular flexibility index (Phi) is 4.72. The number of benzene rings is 2. The minimum Gasteiger partial charge on any atom is -0.480 e. The zero-order valence-electron chi connectivity index (χ0n) is 13.2. The fraction of sp³-hybridized carbons (Fsp3) is 0.167. The molecule has 0 aliphatic carbocycles. The van der Waals surface area contributed by atoms with E-state index in [4.69, 9.17) is 16.7 Å². The predicted octanol–water partition coefficient (Wildman–Crippen LogP) is 2.14. The summed E-state index contributed by atoms with van der Waals surface area (Å²) in [7, 11) is 0. The molecule has 25 heavy (non-hydrogen) atoms. The number of carbonyl (C=O) groups is 1. The summed E-state index contributed by atoms with van der Waals surface area (Å²) >= 11 is 5.96. The first-order chi connectivity index (χ1) is 12.0. The number of hydrogen-bond acceptors (Lipinski definition) is 3. The zero-order valence-corrected chi connectivity index (χ0v) is 13.9. The van der Waals surface area contributed by atoms with Crippen LogP contribution in [0.1, 0.15) is 5.56 Å². The summed E-state index contributed by atoms with van der Waals surface area (Å²) in [6, 6.07) is 14.3. The van der Waals surface area contributed by atoms with Crippen LogP contribution in [0, 0.1) is 0 Å². The van der Waals surface area contributed by atoms with Crippen molar-refractivity contribution in [1.29, 1.82) is 0 Å². The molecule has 0 aliphatic rings. The van der Waals surface area contributed by atoms with Gasteiger partial charge >= 0.3 is 11.7 Å². The van der Waals surface area contributed by atoms with Gasteiger partial charge in [-0.25, -0.2) is 9.36 Å². The molecular weight excluding hydrogens is 344 g/mol. The third-order valence-corrected chi connectivity index (χ3v) is 4.18. The van der Waals surface area contributed by atoms with Gasteiger partial charge in [-0.3, -0.25) is 14.2 Å². The Balaban J connectivity index is 2.16. The Morgan fingerprint density at radius 3 is 2.44 bits per heavy atom. The van der Waals surface area contributed by atoms with Crippen molar-refractivity contribution in [3.63, 3.8) is 0 Å². The van der Waals surface area contributed by atoms with Gasteiger partial charge < -0.3 is 5.11 Å². The topological polar surface area (TPSA) is 81.3 Å². The second-order valence-corrected chi connectivity index (χ2v) is 6.05. The van der Waals surface area contributed by atoms with Crippen LogP contribution < -0.4 is 11.2 Å². The first kappa shape index (κ1) is 17.0. The monoisotopic (exact) mass is 358 g/mol. The zero-order chi connectivity index (χ0) is 18.0. The van der Waals surface area contributed by atoms with Crippen molar-refractivity contribution < 1.29 is 9.90 Å². The van der Waals surface area contributed by atoms with Crippen molar-refractivity contribution in [2.45, 2.75) is 19.5 Å². The highest BCUT2D eigenvalue weighted by atomic mass is 35.5. The van der Waals surface area contributed by atoms with Gasteiger partial charge in [0.05, 0.1) is 10.9 Å². The first-order valence-corrected chi connectivity index (χ1v) is 8.04. The Morgan fingerprint density at radius 2 is 1.76 bits per heavy atom. The van der Waals surface area contributed by atoms with Crippen LogP contribution in [-0.4, -0.2) is 20.2 Å². The Labute approximate surface area is 147 Å². The highest BCUT2D eigenvalue weighted by Crippen LogP contribution is 2.16. The number of fused-ring (bicyclic) bond motifs is 1. The van der Waals surface area contributed by atoms with Crippen molar-refractivity contribution in [3.8, 4) is 0 Å². The molecule has 3 rings (SSSR count). The van der Waals surface area contributed by atoms with E-state index in [0.717, 1.165) is 10.1 Å². The molecule has 0 radical (unpaired) electrons. The first-order valence-electron chi connectivity index (χ1n) is 7.66. The van der Waals surface area contributed by atoms with Crippen molar-refractivity contribution in [2.24, 2.45) is 0 Å². The van der Waals surface area contributed by atoms with Crippen LogP contribution >= 0.6 is 11.6 Å². The van der Waals surface area contributed by atoms with Gasteiger partial charge in [-0.1, -0.05) is 41.9 Å². The Bertz CT molecular complexity index is 1050. The molecule has 0 spiro atoms. The summed E-state index contributed by atoms with van der Waals surface area (Å²) in [5.74, 6) is -1.25. The van der Waals surface area contributed by atoms with Crippen molar-refractivity contribution in [1.82, 2.24) is 9.13 Å². The normalized spacial score (nSPS) is 10.9. The van der Waals surface area contributed by atoms with Crippen molar-refractivity contribution in [3.05, 3.63) is 80.0 Å². The molecule has 0 fully saturated rings. The van der Waals surface area contributed by atoms with Gasteiger partial charge in [0.25, 0.3) is 5.56 Å². The molecule has 0 saturated heterocycles. The molecule has 2 aromatic carbocycles. The molecule has 6 nitrogen and oxygen atoms in total. The number of aromatic nitrogens is 2.